The number of rotatable bonds is 0. The fourth-order valence-corrected chi connectivity index (χ4v) is 0.440. The summed E-state index contributed by atoms with van der Waals surface area (Å²) in [5, 5.41) is 12.0. The highest BCUT2D eigenvalue weighted by molar-refractivity contribution is 4.37. The average molecular weight is 116 g/mol. The lowest BCUT2D eigenvalue weighted by Crippen LogP contribution is -2.16. The second-order valence-electron chi connectivity index (χ2n) is 1.22. The molecule has 0 aromatic heterocycles. The Morgan fingerprint density at radius 3 is 1.12 bits per heavy atom. The first-order valence-corrected chi connectivity index (χ1v) is 2.35. The lowest BCUT2D eigenvalue weighted by Gasteiger charge is -2.09. The van der Waals surface area contributed by atoms with Crippen molar-refractivity contribution in [3.05, 3.63) is 0 Å². The molecule has 1 heterocycles. The fraction of sp³-hybridized carbons (Fsp3) is 1.00. The maximum absolute atomic E-state index is 6.00. The normalized spacial score (nSPS) is 18.2. The van der Waals surface area contributed by atoms with Crippen molar-refractivity contribution < 1.29 is 9.47 Å². The molecule has 0 spiro atoms. The summed E-state index contributed by atoms with van der Waals surface area (Å²) in [5.41, 5.74) is 0. The molecule has 8 heavy (non-hydrogen) atoms. The maximum atomic E-state index is 6.00. The van der Waals surface area contributed by atoms with Crippen molar-refractivity contribution >= 4 is 0 Å². The zero-order valence-electron chi connectivity index (χ0n) is 4.54. The molecule has 0 unspecified atom stereocenters. The van der Waals surface area contributed by atoms with Crippen LogP contribution in [0.5, 0.6) is 0 Å². The zero-order chi connectivity index (χ0) is 6.24. The lowest BCUT2D eigenvalue weighted by molar-refractivity contribution is -0.0334. The van der Waals surface area contributed by atoms with Crippen molar-refractivity contribution in [2.75, 3.05) is 26.4 Å². The molecule has 0 aromatic carbocycles. The van der Waals surface area contributed by atoms with Crippen LogP contribution >= 0.6 is 0 Å². The average Bonchev–Trinajstić information content (AvgIpc) is 1.96. The van der Waals surface area contributed by atoms with Gasteiger partial charge in [-0.2, -0.15) is 0 Å². The van der Waals surface area contributed by atoms with Crippen LogP contribution in [0.4, 0.5) is 0 Å². The van der Waals surface area contributed by atoms with E-state index in [-0.39, 0.29) is 0 Å². The van der Waals surface area contributed by atoms with Crippen LogP contribution in [0, 0.1) is 10.8 Å². The molecule has 0 N–H and O–H groups in total. The minimum absolute atomic E-state index is 0.778. The number of ether oxygens (including phenoxy) is 2. The lowest BCUT2D eigenvalue weighted by atomic mass is 10.6. The van der Waals surface area contributed by atoms with Gasteiger partial charge in [-0.05, 0) is 0 Å². The minimum atomic E-state index is 0.778. The van der Waals surface area contributed by atoms with Crippen molar-refractivity contribution in [3.8, 4) is 0 Å². The molecule has 0 aliphatic carbocycles. The molecule has 1 saturated heterocycles. The highest BCUT2D eigenvalue weighted by atomic mass is 16.6. The van der Waals surface area contributed by atoms with Crippen LogP contribution < -0.4 is 0 Å². The van der Waals surface area contributed by atoms with Crippen LogP contribution in [0.1, 0.15) is 0 Å². The summed E-state index contributed by atoms with van der Waals surface area (Å²) in [6.45, 7) is 3.11. The summed E-state index contributed by atoms with van der Waals surface area (Å²) < 4.78 is 9.89. The molecule has 1 aliphatic rings. The SMILES string of the molecule is C1COCCO1.N#N. The standard InChI is InChI=1S/C4H8O2.N2/c1-2-6-4-3-5-1;1-2/h1-4H2;. The van der Waals surface area contributed by atoms with Gasteiger partial charge in [-0.1, -0.05) is 0 Å². The third kappa shape index (κ3) is 3.53. The quantitative estimate of drug-likeness (QED) is 0.420. The smallest absolute Gasteiger partial charge is 0.0701 e. The molecule has 0 atom stereocenters. The van der Waals surface area contributed by atoms with Gasteiger partial charge in [0, 0.05) is 10.8 Å². The molecule has 1 aliphatic heterocycles. The predicted octanol–water partition coefficient (Wildman–Crippen LogP) is 0.0634. The highest BCUT2D eigenvalue weighted by Crippen LogP contribution is 1.85. The molecule has 0 radical (unpaired) electrons. The van der Waals surface area contributed by atoms with Gasteiger partial charge >= 0.3 is 0 Å². The van der Waals surface area contributed by atoms with Crippen molar-refractivity contribution in [2.24, 2.45) is 0 Å². The van der Waals surface area contributed by atoms with E-state index >= 15 is 0 Å². The van der Waals surface area contributed by atoms with Crippen molar-refractivity contribution in [1.82, 2.24) is 0 Å². The Balaban J connectivity index is 0.000000222. The molecule has 4 heteroatoms. The van der Waals surface area contributed by atoms with Crippen LogP contribution in [0.15, 0.2) is 0 Å². The summed E-state index contributed by atoms with van der Waals surface area (Å²) in [5.74, 6) is 0. The third-order valence-corrected chi connectivity index (χ3v) is 0.744. The largest absolute Gasteiger partial charge is 0.377 e. The Bertz CT molecular complexity index is 48.8. The maximum Gasteiger partial charge on any atom is 0.0701 e. The number of nitrogens with zero attached hydrogens (tertiary/aromatic N) is 2. The Labute approximate surface area is 47.8 Å². The molecule has 46 valence electrons. The van der Waals surface area contributed by atoms with E-state index < -0.39 is 0 Å². The van der Waals surface area contributed by atoms with Crippen LogP contribution in [0.2, 0.25) is 0 Å². The van der Waals surface area contributed by atoms with Crippen LogP contribution in [0.25, 0.3) is 0 Å². The van der Waals surface area contributed by atoms with Gasteiger partial charge in [0.2, 0.25) is 0 Å². The van der Waals surface area contributed by atoms with Crippen molar-refractivity contribution in [3.63, 3.8) is 0 Å². The summed E-state index contributed by atoms with van der Waals surface area (Å²) >= 11 is 0. The van der Waals surface area contributed by atoms with Crippen LogP contribution in [-0.2, 0) is 9.47 Å². The highest BCUT2D eigenvalue weighted by Gasteiger charge is 1.94. The van der Waals surface area contributed by atoms with Gasteiger partial charge < -0.3 is 9.47 Å². The molecule has 0 bridgehead atoms. The minimum Gasteiger partial charge on any atom is -0.377 e. The summed E-state index contributed by atoms with van der Waals surface area (Å²) in [4.78, 5) is 0. The summed E-state index contributed by atoms with van der Waals surface area (Å²) in [6.07, 6.45) is 0. The first kappa shape index (κ1) is 7.34. The van der Waals surface area contributed by atoms with E-state index in [1.165, 1.54) is 0 Å². The first-order chi connectivity index (χ1) is 4.00. The second kappa shape index (κ2) is 6.34. The predicted molar refractivity (Wildman–Crippen MR) is 25.1 cm³/mol. The number of hydrogen-bond donors (Lipinski definition) is 0. The van der Waals surface area contributed by atoms with Crippen LogP contribution in [0.3, 0.4) is 0 Å². The molecular formula is C4H8N2O2. The zero-order valence-corrected chi connectivity index (χ0v) is 4.54. The van der Waals surface area contributed by atoms with Gasteiger partial charge in [-0.25, -0.2) is 0 Å². The van der Waals surface area contributed by atoms with Gasteiger partial charge in [0.15, 0.2) is 0 Å². The van der Waals surface area contributed by atoms with Gasteiger partial charge in [-0.15, -0.1) is 0 Å². The van der Waals surface area contributed by atoms with E-state index in [0.717, 1.165) is 26.4 Å². The van der Waals surface area contributed by atoms with E-state index in [1.54, 1.807) is 0 Å². The Hall–Kier alpha value is -0.660. The van der Waals surface area contributed by atoms with Gasteiger partial charge in [0.05, 0.1) is 26.4 Å². The number of hydrogen-bond acceptors (Lipinski definition) is 4. The molecule has 0 aromatic rings. The summed E-state index contributed by atoms with van der Waals surface area (Å²) in [7, 11) is 0. The van der Waals surface area contributed by atoms with E-state index in [2.05, 4.69) is 0 Å². The Morgan fingerprint density at radius 1 is 0.750 bits per heavy atom. The van der Waals surface area contributed by atoms with Gasteiger partial charge in [-0.3, -0.25) is 0 Å². The van der Waals surface area contributed by atoms with Gasteiger partial charge in [0.25, 0.3) is 0 Å². The molecule has 1 rings (SSSR count). The van der Waals surface area contributed by atoms with E-state index in [0.29, 0.717) is 0 Å². The summed E-state index contributed by atoms with van der Waals surface area (Å²) in [6, 6.07) is 0. The Kier molecular flexibility index (Phi) is 5.82. The third-order valence-electron chi connectivity index (χ3n) is 0.744. The molecular weight excluding hydrogens is 108 g/mol. The van der Waals surface area contributed by atoms with Crippen molar-refractivity contribution in [2.45, 2.75) is 0 Å². The molecule has 1 fully saturated rings. The molecule has 4 nitrogen and oxygen atoms in total. The van der Waals surface area contributed by atoms with Crippen molar-refractivity contribution in [1.29, 1.82) is 10.8 Å². The molecule has 0 amide bonds. The van der Waals surface area contributed by atoms with Crippen LogP contribution in [-0.4, -0.2) is 26.4 Å². The topological polar surface area (TPSA) is 66.0 Å². The van der Waals surface area contributed by atoms with Gasteiger partial charge in [0.1, 0.15) is 0 Å². The van der Waals surface area contributed by atoms with E-state index in [4.69, 9.17) is 20.3 Å². The monoisotopic (exact) mass is 116 g/mol. The molecule has 0 saturated carbocycles. The first-order valence-electron chi connectivity index (χ1n) is 2.35. The second-order valence-corrected chi connectivity index (χ2v) is 1.22. The van der Waals surface area contributed by atoms with E-state index in [9.17, 15) is 0 Å². The Morgan fingerprint density at radius 2 is 1.00 bits per heavy atom. The van der Waals surface area contributed by atoms with E-state index in [1.807, 2.05) is 0 Å². The fourth-order valence-electron chi connectivity index (χ4n) is 0.440.